The molecule has 0 aliphatic heterocycles. The fraction of sp³-hybridized carbons (Fsp3) is 0.0769. The normalized spacial score (nSPS) is 8.29. The first-order valence-corrected chi connectivity index (χ1v) is 4.07. The summed E-state index contributed by atoms with van der Waals surface area (Å²) in [7, 11) is 0. The first-order valence-electron chi connectivity index (χ1n) is 4.07. The van der Waals surface area contributed by atoms with Crippen LogP contribution in [0, 0.1) is 0 Å². The van der Waals surface area contributed by atoms with Gasteiger partial charge in [0.15, 0.2) is 0 Å². The molecule has 0 atom stereocenters. The summed E-state index contributed by atoms with van der Waals surface area (Å²) in [5.41, 5.74) is 2.55. The van der Waals surface area contributed by atoms with Crippen LogP contribution in [-0.2, 0) is 0 Å². The van der Waals surface area contributed by atoms with Crippen molar-refractivity contribution in [2.75, 3.05) is 0 Å². The standard InChI is InChI=1S/C12H10.CH4.H2S/c1-3-7-11(8-4-1)12-9-5-2-6-10-12;;/h1-10H;1H4;1H2. The van der Waals surface area contributed by atoms with Gasteiger partial charge in [0.1, 0.15) is 0 Å². The maximum atomic E-state index is 2.12. The van der Waals surface area contributed by atoms with Crippen molar-refractivity contribution in [2.45, 2.75) is 7.43 Å². The van der Waals surface area contributed by atoms with Gasteiger partial charge in [-0.25, -0.2) is 0 Å². The lowest BCUT2D eigenvalue weighted by atomic mass is 10.1. The van der Waals surface area contributed by atoms with Crippen molar-refractivity contribution < 1.29 is 0 Å². The molecule has 0 spiro atoms. The monoisotopic (exact) mass is 204 g/mol. The highest BCUT2D eigenvalue weighted by molar-refractivity contribution is 7.59. The van der Waals surface area contributed by atoms with Gasteiger partial charge in [-0.05, 0) is 11.1 Å². The van der Waals surface area contributed by atoms with E-state index in [0.29, 0.717) is 0 Å². The van der Waals surface area contributed by atoms with E-state index in [2.05, 4.69) is 48.5 Å². The van der Waals surface area contributed by atoms with E-state index in [9.17, 15) is 0 Å². The summed E-state index contributed by atoms with van der Waals surface area (Å²) in [4.78, 5) is 0. The minimum atomic E-state index is 0. The molecule has 0 aromatic heterocycles. The van der Waals surface area contributed by atoms with Crippen LogP contribution in [0.5, 0.6) is 0 Å². The van der Waals surface area contributed by atoms with Crippen LogP contribution in [0.4, 0.5) is 0 Å². The lowest BCUT2D eigenvalue weighted by Crippen LogP contribution is -1.73. The molecule has 0 nitrogen and oxygen atoms in total. The maximum Gasteiger partial charge on any atom is -0.0184 e. The van der Waals surface area contributed by atoms with Gasteiger partial charge >= 0.3 is 0 Å². The Morgan fingerprint density at radius 1 is 0.500 bits per heavy atom. The Balaban J connectivity index is 0.000000845. The fourth-order valence-electron chi connectivity index (χ4n) is 1.26. The third-order valence-corrected chi connectivity index (χ3v) is 1.88. The van der Waals surface area contributed by atoms with E-state index in [1.54, 1.807) is 0 Å². The summed E-state index contributed by atoms with van der Waals surface area (Å²) in [5, 5.41) is 0. The van der Waals surface area contributed by atoms with Gasteiger partial charge in [-0.2, -0.15) is 13.5 Å². The van der Waals surface area contributed by atoms with Gasteiger partial charge in [0.25, 0.3) is 0 Å². The summed E-state index contributed by atoms with van der Waals surface area (Å²) >= 11 is 0. The molecule has 0 saturated carbocycles. The predicted molar refractivity (Wildman–Crippen MR) is 69.0 cm³/mol. The van der Waals surface area contributed by atoms with Crippen molar-refractivity contribution in [3.05, 3.63) is 60.7 Å². The second-order valence-corrected chi connectivity index (χ2v) is 2.73. The van der Waals surface area contributed by atoms with E-state index in [1.807, 2.05) is 12.1 Å². The lowest BCUT2D eigenvalue weighted by molar-refractivity contribution is 1.62. The van der Waals surface area contributed by atoms with Gasteiger partial charge in [-0.15, -0.1) is 0 Å². The van der Waals surface area contributed by atoms with Gasteiger partial charge in [-0.1, -0.05) is 68.1 Å². The van der Waals surface area contributed by atoms with E-state index >= 15 is 0 Å². The second-order valence-electron chi connectivity index (χ2n) is 2.73. The number of hydrogen-bond donors (Lipinski definition) is 0. The first-order chi connectivity index (χ1) is 5.97. The molecule has 14 heavy (non-hydrogen) atoms. The Bertz CT molecular complexity index is 303. The summed E-state index contributed by atoms with van der Waals surface area (Å²) < 4.78 is 0. The highest BCUT2D eigenvalue weighted by Gasteiger charge is 1.91. The molecule has 0 heterocycles. The van der Waals surface area contributed by atoms with Crippen LogP contribution >= 0.6 is 13.5 Å². The Morgan fingerprint density at radius 2 is 0.786 bits per heavy atom. The molecule has 0 aliphatic rings. The van der Waals surface area contributed by atoms with Crippen molar-refractivity contribution in [3.8, 4) is 11.1 Å². The molecule has 2 aromatic rings. The molecule has 0 amide bonds. The zero-order valence-electron chi connectivity index (χ0n) is 7.27. The number of benzene rings is 2. The highest BCUT2D eigenvalue weighted by atomic mass is 32.1. The summed E-state index contributed by atoms with van der Waals surface area (Å²) in [5.74, 6) is 0. The molecule has 0 radical (unpaired) electrons. The molecular weight excluding hydrogens is 188 g/mol. The van der Waals surface area contributed by atoms with Crippen molar-refractivity contribution in [1.82, 2.24) is 0 Å². The molecule has 1 heteroatoms. The van der Waals surface area contributed by atoms with Crippen molar-refractivity contribution in [2.24, 2.45) is 0 Å². The average molecular weight is 204 g/mol. The number of hydrogen-bond acceptors (Lipinski definition) is 0. The first kappa shape index (κ1) is 12.8. The van der Waals surface area contributed by atoms with Crippen molar-refractivity contribution in [1.29, 1.82) is 0 Å². The van der Waals surface area contributed by atoms with Crippen LogP contribution < -0.4 is 0 Å². The van der Waals surface area contributed by atoms with Crippen LogP contribution in [0.3, 0.4) is 0 Å². The molecule has 0 saturated heterocycles. The van der Waals surface area contributed by atoms with Gasteiger partial charge < -0.3 is 0 Å². The third kappa shape index (κ3) is 2.93. The van der Waals surface area contributed by atoms with Crippen LogP contribution in [0.1, 0.15) is 7.43 Å². The molecule has 0 aliphatic carbocycles. The zero-order valence-corrected chi connectivity index (χ0v) is 8.27. The SMILES string of the molecule is C.S.c1ccc(-c2ccccc2)cc1. The van der Waals surface area contributed by atoms with E-state index < -0.39 is 0 Å². The van der Waals surface area contributed by atoms with E-state index in [-0.39, 0.29) is 20.9 Å². The van der Waals surface area contributed by atoms with Gasteiger partial charge in [0.05, 0.1) is 0 Å². The molecular formula is C13H16S. The molecule has 0 fully saturated rings. The molecule has 2 rings (SSSR count). The van der Waals surface area contributed by atoms with Crippen LogP contribution in [0.25, 0.3) is 11.1 Å². The van der Waals surface area contributed by atoms with Gasteiger partial charge in [0.2, 0.25) is 0 Å². The molecule has 74 valence electrons. The van der Waals surface area contributed by atoms with E-state index in [4.69, 9.17) is 0 Å². The molecule has 0 N–H and O–H groups in total. The van der Waals surface area contributed by atoms with Crippen LogP contribution in [0.2, 0.25) is 0 Å². The van der Waals surface area contributed by atoms with Crippen molar-refractivity contribution >= 4 is 13.5 Å². The fourth-order valence-corrected chi connectivity index (χ4v) is 1.26. The Hall–Kier alpha value is -1.21. The summed E-state index contributed by atoms with van der Waals surface area (Å²) in [6, 6.07) is 20.8. The predicted octanol–water partition coefficient (Wildman–Crippen LogP) is 4.10. The molecule has 2 aromatic carbocycles. The topological polar surface area (TPSA) is 0 Å². The minimum Gasteiger partial charge on any atom is -0.197 e. The largest absolute Gasteiger partial charge is 0.197 e. The van der Waals surface area contributed by atoms with Gasteiger partial charge in [0, 0.05) is 0 Å². The number of rotatable bonds is 1. The maximum absolute atomic E-state index is 2.12. The average Bonchev–Trinajstić information content (AvgIpc) is 2.21. The van der Waals surface area contributed by atoms with Crippen LogP contribution in [-0.4, -0.2) is 0 Å². The third-order valence-electron chi connectivity index (χ3n) is 1.88. The minimum absolute atomic E-state index is 0. The summed E-state index contributed by atoms with van der Waals surface area (Å²) in [6.07, 6.45) is 0. The second kappa shape index (κ2) is 6.28. The Morgan fingerprint density at radius 3 is 1.07 bits per heavy atom. The van der Waals surface area contributed by atoms with E-state index in [0.717, 1.165) is 0 Å². The van der Waals surface area contributed by atoms with Crippen LogP contribution in [0.15, 0.2) is 60.7 Å². The summed E-state index contributed by atoms with van der Waals surface area (Å²) in [6.45, 7) is 0. The molecule has 0 bridgehead atoms. The Kier molecular flexibility index (Phi) is 5.73. The quantitative estimate of drug-likeness (QED) is 0.656. The zero-order chi connectivity index (χ0) is 8.23. The van der Waals surface area contributed by atoms with Gasteiger partial charge in [-0.3, -0.25) is 0 Å². The smallest absolute Gasteiger partial charge is 0.0184 e. The molecule has 0 unspecified atom stereocenters. The Labute approximate surface area is 93.1 Å². The lowest BCUT2D eigenvalue weighted by Gasteiger charge is -1.98. The van der Waals surface area contributed by atoms with E-state index in [1.165, 1.54) is 11.1 Å². The highest BCUT2D eigenvalue weighted by Crippen LogP contribution is 2.17. The van der Waals surface area contributed by atoms with Crippen molar-refractivity contribution in [3.63, 3.8) is 0 Å².